The van der Waals surface area contributed by atoms with Gasteiger partial charge in [-0.25, -0.2) is 16.4 Å². The molecule has 0 saturated carbocycles. The molecule has 0 saturated heterocycles. The smallest absolute Gasteiger partial charge is 0.137 e. The fraction of sp³-hybridized carbons (Fsp3) is 0.571. The molecule has 84 valence electrons. The SMILES string of the molecule is CC(/C(N)=N/NN)C(O)Cn1cncn1. The van der Waals surface area contributed by atoms with Crippen LogP contribution in [0.5, 0.6) is 0 Å². The first-order valence-corrected chi connectivity index (χ1v) is 4.44. The lowest BCUT2D eigenvalue weighted by molar-refractivity contribution is 0.121. The van der Waals surface area contributed by atoms with E-state index in [4.69, 9.17) is 11.6 Å². The number of nitrogens with zero attached hydrogens (tertiary/aromatic N) is 4. The van der Waals surface area contributed by atoms with Crippen molar-refractivity contribution in [1.29, 1.82) is 0 Å². The van der Waals surface area contributed by atoms with Crippen molar-refractivity contribution in [2.75, 3.05) is 0 Å². The average molecular weight is 213 g/mol. The van der Waals surface area contributed by atoms with Crippen molar-refractivity contribution in [2.45, 2.75) is 19.6 Å². The van der Waals surface area contributed by atoms with E-state index >= 15 is 0 Å². The Morgan fingerprint density at radius 1 is 1.73 bits per heavy atom. The van der Waals surface area contributed by atoms with Gasteiger partial charge >= 0.3 is 0 Å². The molecule has 0 aliphatic carbocycles. The fourth-order valence-corrected chi connectivity index (χ4v) is 1.05. The second-order valence-corrected chi connectivity index (χ2v) is 3.14. The topological polar surface area (TPSA) is 127 Å². The average Bonchev–Trinajstić information content (AvgIpc) is 2.69. The molecule has 0 radical (unpaired) electrons. The van der Waals surface area contributed by atoms with Crippen molar-refractivity contribution in [3.8, 4) is 0 Å². The van der Waals surface area contributed by atoms with Crippen LogP contribution >= 0.6 is 0 Å². The molecule has 6 N–H and O–H groups in total. The van der Waals surface area contributed by atoms with Gasteiger partial charge in [0.1, 0.15) is 18.5 Å². The van der Waals surface area contributed by atoms with Gasteiger partial charge in [-0.2, -0.15) is 10.2 Å². The molecule has 0 spiro atoms. The van der Waals surface area contributed by atoms with Crippen molar-refractivity contribution < 1.29 is 5.11 Å². The summed E-state index contributed by atoms with van der Waals surface area (Å²) in [7, 11) is 0. The summed E-state index contributed by atoms with van der Waals surface area (Å²) in [6.45, 7) is 2.06. The van der Waals surface area contributed by atoms with Crippen LogP contribution < -0.4 is 17.1 Å². The van der Waals surface area contributed by atoms with Crippen LogP contribution in [0.15, 0.2) is 17.8 Å². The van der Waals surface area contributed by atoms with E-state index in [1.54, 1.807) is 6.92 Å². The van der Waals surface area contributed by atoms with Crippen LogP contribution in [0.2, 0.25) is 0 Å². The minimum atomic E-state index is -0.691. The number of hydrazine groups is 1. The standard InChI is InChI=1S/C7H15N7O/c1-5(7(8)12-13-9)6(15)2-14-4-10-3-11-14/h3-6,13,15H,2,9H2,1H3,(H2,8,12). The van der Waals surface area contributed by atoms with Gasteiger partial charge in [0, 0.05) is 5.92 Å². The van der Waals surface area contributed by atoms with Crippen molar-refractivity contribution >= 4 is 5.84 Å². The molecule has 1 aromatic heterocycles. The molecule has 2 atom stereocenters. The van der Waals surface area contributed by atoms with E-state index in [9.17, 15) is 5.11 Å². The van der Waals surface area contributed by atoms with Crippen LogP contribution in [0.25, 0.3) is 0 Å². The van der Waals surface area contributed by atoms with E-state index in [1.165, 1.54) is 17.3 Å². The highest BCUT2D eigenvalue weighted by Crippen LogP contribution is 2.04. The second kappa shape index (κ2) is 5.27. The third-order valence-corrected chi connectivity index (χ3v) is 2.08. The molecular formula is C7H15N7O. The van der Waals surface area contributed by atoms with Crippen LogP contribution in [-0.2, 0) is 6.54 Å². The first-order valence-electron chi connectivity index (χ1n) is 4.44. The summed E-state index contributed by atoms with van der Waals surface area (Å²) < 4.78 is 1.52. The van der Waals surface area contributed by atoms with E-state index < -0.39 is 6.10 Å². The predicted octanol–water partition coefficient (Wildman–Crippen LogP) is -1.99. The number of rotatable bonds is 5. The van der Waals surface area contributed by atoms with Gasteiger partial charge in [-0.3, -0.25) is 4.68 Å². The Hall–Kier alpha value is -1.67. The number of hydrogen-bond acceptors (Lipinski definition) is 6. The molecular weight excluding hydrogens is 198 g/mol. The molecule has 1 rings (SSSR count). The van der Waals surface area contributed by atoms with E-state index in [2.05, 4.69) is 20.7 Å². The summed E-state index contributed by atoms with van der Waals surface area (Å²) in [6.07, 6.45) is 2.23. The van der Waals surface area contributed by atoms with Gasteiger partial charge in [0.05, 0.1) is 12.6 Å². The Morgan fingerprint density at radius 2 is 2.47 bits per heavy atom. The van der Waals surface area contributed by atoms with E-state index in [0.717, 1.165) is 0 Å². The summed E-state index contributed by atoms with van der Waals surface area (Å²) in [6, 6.07) is 0. The third-order valence-electron chi connectivity index (χ3n) is 2.08. The number of nitrogens with one attached hydrogen (secondary N) is 1. The lowest BCUT2D eigenvalue weighted by Crippen LogP contribution is -2.36. The Kier molecular flexibility index (Phi) is 4.01. The van der Waals surface area contributed by atoms with Gasteiger partial charge in [0.2, 0.25) is 0 Å². The van der Waals surface area contributed by atoms with Gasteiger partial charge in [-0.1, -0.05) is 6.92 Å². The highest BCUT2D eigenvalue weighted by atomic mass is 16.3. The third kappa shape index (κ3) is 3.18. The maximum Gasteiger partial charge on any atom is 0.137 e. The maximum atomic E-state index is 9.77. The van der Waals surface area contributed by atoms with Crippen molar-refractivity contribution in [3.05, 3.63) is 12.7 Å². The fourth-order valence-electron chi connectivity index (χ4n) is 1.05. The van der Waals surface area contributed by atoms with Crippen LogP contribution in [0.3, 0.4) is 0 Å². The molecule has 8 nitrogen and oxygen atoms in total. The Morgan fingerprint density at radius 3 is 3.00 bits per heavy atom. The van der Waals surface area contributed by atoms with E-state index in [-0.39, 0.29) is 11.8 Å². The summed E-state index contributed by atoms with van der Waals surface area (Å²) in [4.78, 5) is 3.76. The molecule has 1 aromatic rings. The van der Waals surface area contributed by atoms with E-state index in [0.29, 0.717) is 6.54 Å². The van der Waals surface area contributed by atoms with Gasteiger partial charge in [0.25, 0.3) is 0 Å². The molecule has 0 aliphatic heterocycles. The number of aliphatic hydroxyl groups excluding tert-OH is 1. The number of aliphatic hydroxyl groups is 1. The second-order valence-electron chi connectivity index (χ2n) is 3.14. The lowest BCUT2D eigenvalue weighted by atomic mass is 10.0. The largest absolute Gasteiger partial charge is 0.390 e. The molecule has 1 heterocycles. The van der Waals surface area contributed by atoms with E-state index in [1.807, 2.05) is 0 Å². The van der Waals surface area contributed by atoms with Gasteiger partial charge in [-0.05, 0) is 0 Å². The Bertz CT molecular complexity index is 309. The van der Waals surface area contributed by atoms with Gasteiger partial charge in [0.15, 0.2) is 0 Å². The number of nitrogens with two attached hydrogens (primary N) is 2. The molecule has 0 amide bonds. The number of hydrogen-bond donors (Lipinski definition) is 4. The molecule has 0 aliphatic rings. The molecule has 0 bridgehead atoms. The molecule has 0 fully saturated rings. The number of aromatic nitrogens is 3. The lowest BCUT2D eigenvalue weighted by Gasteiger charge is -2.17. The number of amidine groups is 1. The van der Waals surface area contributed by atoms with Crippen LogP contribution in [0, 0.1) is 5.92 Å². The zero-order chi connectivity index (χ0) is 11.3. The zero-order valence-electron chi connectivity index (χ0n) is 8.41. The minimum absolute atomic E-state index is 0.241. The van der Waals surface area contributed by atoms with Crippen LogP contribution in [0.1, 0.15) is 6.92 Å². The summed E-state index contributed by atoms with van der Waals surface area (Å²) >= 11 is 0. The summed E-state index contributed by atoms with van der Waals surface area (Å²) in [5.41, 5.74) is 7.64. The Labute approximate surface area is 86.9 Å². The molecule has 8 heteroatoms. The zero-order valence-corrected chi connectivity index (χ0v) is 8.41. The predicted molar refractivity (Wildman–Crippen MR) is 54.1 cm³/mol. The monoisotopic (exact) mass is 213 g/mol. The minimum Gasteiger partial charge on any atom is -0.390 e. The molecule has 15 heavy (non-hydrogen) atoms. The highest BCUT2D eigenvalue weighted by Gasteiger charge is 2.18. The molecule has 0 aromatic carbocycles. The Balaban J connectivity index is 2.53. The first kappa shape index (κ1) is 11.4. The van der Waals surface area contributed by atoms with Crippen molar-refractivity contribution in [3.63, 3.8) is 0 Å². The van der Waals surface area contributed by atoms with Crippen molar-refractivity contribution in [1.82, 2.24) is 20.3 Å². The first-order chi connectivity index (χ1) is 7.15. The van der Waals surface area contributed by atoms with Gasteiger partial charge < -0.3 is 10.8 Å². The normalized spacial score (nSPS) is 16.1. The quantitative estimate of drug-likeness (QED) is 0.194. The summed E-state index contributed by atoms with van der Waals surface area (Å²) in [5.74, 6) is 4.90. The number of hydrazone groups is 1. The summed E-state index contributed by atoms with van der Waals surface area (Å²) in [5, 5.41) is 17.2. The van der Waals surface area contributed by atoms with Crippen molar-refractivity contribution in [2.24, 2.45) is 22.6 Å². The highest BCUT2D eigenvalue weighted by molar-refractivity contribution is 5.82. The maximum absolute atomic E-state index is 9.77. The van der Waals surface area contributed by atoms with Gasteiger partial charge in [-0.15, -0.1) is 0 Å². The van der Waals surface area contributed by atoms with Crippen LogP contribution in [-0.4, -0.2) is 31.8 Å². The van der Waals surface area contributed by atoms with Crippen LogP contribution in [0.4, 0.5) is 0 Å². The molecule has 2 unspecified atom stereocenters.